The van der Waals surface area contributed by atoms with Crippen molar-refractivity contribution in [3.63, 3.8) is 0 Å². The van der Waals surface area contributed by atoms with Gasteiger partial charge in [0, 0.05) is 11.7 Å². The molecule has 0 radical (unpaired) electrons. The van der Waals surface area contributed by atoms with Crippen molar-refractivity contribution in [3.05, 3.63) is 59.4 Å². The Hall–Kier alpha value is -2.03. The normalized spacial score (nSPS) is 12.0. The van der Waals surface area contributed by atoms with Gasteiger partial charge >= 0.3 is 0 Å². The smallest absolute Gasteiger partial charge is 0.165 e. The summed E-state index contributed by atoms with van der Waals surface area (Å²) >= 11 is 0. The fourth-order valence-electron chi connectivity index (χ4n) is 1.93. The molecule has 1 unspecified atom stereocenters. The molecule has 2 aromatic rings. The first-order valence-corrected chi connectivity index (χ1v) is 6.27. The quantitative estimate of drug-likeness (QED) is 0.883. The van der Waals surface area contributed by atoms with Crippen molar-refractivity contribution in [2.45, 2.75) is 19.9 Å². The molecule has 0 aliphatic carbocycles. The zero-order valence-electron chi connectivity index (χ0n) is 11.4. The monoisotopic (exact) mass is 259 g/mol. The van der Waals surface area contributed by atoms with Crippen molar-refractivity contribution in [2.75, 3.05) is 12.4 Å². The number of anilines is 1. The number of hydrogen-bond donors (Lipinski definition) is 1. The van der Waals surface area contributed by atoms with E-state index in [0.717, 1.165) is 11.3 Å². The van der Waals surface area contributed by atoms with Gasteiger partial charge in [0.15, 0.2) is 11.6 Å². The first-order valence-electron chi connectivity index (χ1n) is 6.27. The molecular formula is C16H18FNO. The van der Waals surface area contributed by atoms with E-state index in [9.17, 15) is 4.39 Å². The number of halogens is 1. The van der Waals surface area contributed by atoms with Gasteiger partial charge in [-0.1, -0.05) is 23.8 Å². The summed E-state index contributed by atoms with van der Waals surface area (Å²) in [6.07, 6.45) is 0. The lowest BCUT2D eigenvalue weighted by Crippen LogP contribution is -2.07. The van der Waals surface area contributed by atoms with E-state index in [-0.39, 0.29) is 17.6 Å². The summed E-state index contributed by atoms with van der Waals surface area (Å²) in [4.78, 5) is 0. The summed E-state index contributed by atoms with van der Waals surface area (Å²) in [6, 6.07) is 13.2. The Labute approximate surface area is 113 Å². The summed E-state index contributed by atoms with van der Waals surface area (Å²) in [5.74, 6) is -0.0659. The van der Waals surface area contributed by atoms with Crippen LogP contribution in [0.1, 0.15) is 24.1 Å². The molecule has 19 heavy (non-hydrogen) atoms. The van der Waals surface area contributed by atoms with Crippen LogP contribution in [0.3, 0.4) is 0 Å². The van der Waals surface area contributed by atoms with E-state index < -0.39 is 0 Å². The van der Waals surface area contributed by atoms with Crippen LogP contribution in [0.4, 0.5) is 10.1 Å². The molecule has 0 saturated heterocycles. The van der Waals surface area contributed by atoms with Crippen LogP contribution >= 0.6 is 0 Å². The molecule has 1 atom stereocenters. The highest BCUT2D eigenvalue weighted by Gasteiger charge is 2.09. The molecule has 0 aromatic heterocycles. The highest BCUT2D eigenvalue weighted by Crippen LogP contribution is 2.25. The van der Waals surface area contributed by atoms with Gasteiger partial charge in [-0.25, -0.2) is 4.39 Å². The predicted molar refractivity (Wildman–Crippen MR) is 76.2 cm³/mol. The van der Waals surface area contributed by atoms with Crippen LogP contribution in [-0.4, -0.2) is 7.11 Å². The van der Waals surface area contributed by atoms with E-state index in [4.69, 9.17) is 4.74 Å². The van der Waals surface area contributed by atoms with E-state index in [1.54, 1.807) is 12.1 Å². The number of rotatable bonds is 4. The fourth-order valence-corrected chi connectivity index (χ4v) is 1.93. The summed E-state index contributed by atoms with van der Waals surface area (Å²) in [6.45, 7) is 4.09. The van der Waals surface area contributed by atoms with Crippen LogP contribution < -0.4 is 10.1 Å². The van der Waals surface area contributed by atoms with Gasteiger partial charge in [-0.2, -0.15) is 0 Å². The minimum Gasteiger partial charge on any atom is -0.494 e. The number of aryl methyl sites for hydroxylation is 1. The maximum atomic E-state index is 13.4. The average Bonchev–Trinajstić information content (AvgIpc) is 2.42. The Balaban J connectivity index is 2.15. The van der Waals surface area contributed by atoms with Gasteiger partial charge in [0.1, 0.15) is 0 Å². The lowest BCUT2D eigenvalue weighted by molar-refractivity contribution is 0.385. The van der Waals surface area contributed by atoms with Crippen LogP contribution in [0, 0.1) is 12.7 Å². The molecular weight excluding hydrogens is 241 g/mol. The molecule has 0 saturated carbocycles. The molecule has 0 spiro atoms. The third kappa shape index (κ3) is 3.25. The van der Waals surface area contributed by atoms with Gasteiger partial charge in [0.25, 0.3) is 0 Å². The Kier molecular flexibility index (Phi) is 4.05. The highest BCUT2D eigenvalue weighted by atomic mass is 19.1. The van der Waals surface area contributed by atoms with Crippen molar-refractivity contribution in [2.24, 2.45) is 0 Å². The maximum absolute atomic E-state index is 13.4. The standard InChI is InChI=1S/C16H18FNO/c1-11-4-7-14(8-5-11)18-12(2)13-6-9-15(17)16(10-13)19-3/h4-10,12,18H,1-3H3. The van der Waals surface area contributed by atoms with Crippen molar-refractivity contribution < 1.29 is 9.13 Å². The lowest BCUT2D eigenvalue weighted by Gasteiger charge is -2.17. The lowest BCUT2D eigenvalue weighted by atomic mass is 10.1. The first-order chi connectivity index (χ1) is 9.10. The molecule has 0 aliphatic heterocycles. The molecule has 0 fully saturated rings. The van der Waals surface area contributed by atoms with Crippen LogP contribution in [0.15, 0.2) is 42.5 Å². The van der Waals surface area contributed by atoms with Gasteiger partial charge in [-0.05, 0) is 43.7 Å². The van der Waals surface area contributed by atoms with Crippen molar-refractivity contribution in [1.82, 2.24) is 0 Å². The Morgan fingerprint density at radius 2 is 1.79 bits per heavy atom. The molecule has 2 rings (SSSR count). The number of ether oxygens (including phenoxy) is 1. The van der Waals surface area contributed by atoms with Crippen LogP contribution in [0.25, 0.3) is 0 Å². The van der Waals surface area contributed by atoms with E-state index in [0.29, 0.717) is 0 Å². The molecule has 0 aliphatic rings. The predicted octanol–water partition coefficient (Wildman–Crippen LogP) is 4.32. The second kappa shape index (κ2) is 5.74. The Bertz CT molecular complexity index is 551. The summed E-state index contributed by atoms with van der Waals surface area (Å²) in [5.41, 5.74) is 3.25. The molecule has 0 heterocycles. The van der Waals surface area contributed by atoms with Gasteiger partial charge in [-0.3, -0.25) is 0 Å². The van der Waals surface area contributed by atoms with Gasteiger partial charge in [0.2, 0.25) is 0 Å². The molecule has 0 amide bonds. The van der Waals surface area contributed by atoms with Crippen LogP contribution in [-0.2, 0) is 0 Å². The molecule has 1 N–H and O–H groups in total. The molecule has 0 bridgehead atoms. The number of hydrogen-bond acceptors (Lipinski definition) is 2. The minimum absolute atomic E-state index is 0.0807. The van der Waals surface area contributed by atoms with E-state index in [1.165, 1.54) is 18.7 Å². The third-order valence-corrected chi connectivity index (χ3v) is 3.11. The zero-order valence-corrected chi connectivity index (χ0v) is 11.4. The number of nitrogens with one attached hydrogen (secondary N) is 1. The molecule has 2 nitrogen and oxygen atoms in total. The molecule has 100 valence electrons. The second-order valence-corrected chi connectivity index (χ2v) is 4.63. The Morgan fingerprint density at radius 3 is 2.42 bits per heavy atom. The minimum atomic E-state index is -0.339. The number of methoxy groups -OCH3 is 1. The van der Waals surface area contributed by atoms with Crippen LogP contribution in [0.2, 0.25) is 0 Å². The summed E-state index contributed by atoms with van der Waals surface area (Å²) in [7, 11) is 1.47. The van der Waals surface area contributed by atoms with Crippen molar-refractivity contribution in [1.29, 1.82) is 0 Å². The summed E-state index contributed by atoms with van der Waals surface area (Å²) in [5, 5.41) is 3.38. The van der Waals surface area contributed by atoms with E-state index in [1.807, 2.05) is 19.1 Å². The Morgan fingerprint density at radius 1 is 1.11 bits per heavy atom. The van der Waals surface area contributed by atoms with Crippen molar-refractivity contribution in [3.8, 4) is 5.75 Å². The second-order valence-electron chi connectivity index (χ2n) is 4.63. The van der Waals surface area contributed by atoms with E-state index in [2.05, 4.69) is 24.4 Å². The zero-order chi connectivity index (χ0) is 13.8. The average molecular weight is 259 g/mol. The molecule has 2 aromatic carbocycles. The van der Waals surface area contributed by atoms with Gasteiger partial charge in [0.05, 0.1) is 7.11 Å². The largest absolute Gasteiger partial charge is 0.494 e. The van der Waals surface area contributed by atoms with Crippen molar-refractivity contribution >= 4 is 5.69 Å². The SMILES string of the molecule is COc1cc(C(C)Nc2ccc(C)cc2)ccc1F. The maximum Gasteiger partial charge on any atom is 0.165 e. The topological polar surface area (TPSA) is 21.3 Å². The van der Waals surface area contributed by atoms with Gasteiger partial charge < -0.3 is 10.1 Å². The first kappa shape index (κ1) is 13.4. The van der Waals surface area contributed by atoms with Gasteiger partial charge in [-0.15, -0.1) is 0 Å². The fraction of sp³-hybridized carbons (Fsp3) is 0.250. The van der Waals surface area contributed by atoms with E-state index >= 15 is 0 Å². The summed E-state index contributed by atoms with van der Waals surface area (Å²) < 4.78 is 18.4. The highest BCUT2D eigenvalue weighted by molar-refractivity contribution is 5.47. The third-order valence-electron chi connectivity index (χ3n) is 3.11. The number of benzene rings is 2. The molecule has 3 heteroatoms. The van der Waals surface area contributed by atoms with Crippen LogP contribution in [0.5, 0.6) is 5.75 Å².